The Hall–Kier alpha value is -0.480. The summed E-state index contributed by atoms with van der Waals surface area (Å²) in [5, 5.41) is 4.61. The molecule has 0 fully saturated rings. The Labute approximate surface area is 87.8 Å². The van der Waals surface area contributed by atoms with Crippen molar-refractivity contribution in [2.24, 2.45) is 0 Å². The maximum absolute atomic E-state index is 11.2. The molecule has 1 unspecified atom stereocenters. The van der Waals surface area contributed by atoms with E-state index in [0.29, 0.717) is 6.54 Å². The molecular weight excluding hydrogens is 202 g/mol. The van der Waals surface area contributed by atoms with Crippen LogP contribution in [0, 0.1) is 6.92 Å². The van der Waals surface area contributed by atoms with Crippen LogP contribution >= 0.6 is 24.0 Å². The SMILES string of the molecule is Cc1ccsc1CNC(=O)C(C)S. The second-order valence-corrected chi connectivity index (χ2v) is 4.70. The van der Waals surface area contributed by atoms with Crippen molar-refractivity contribution in [1.82, 2.24) is 5.32 Å². The monoisotopic (exact) mass is 215 g/mol. The lowest BCUT2D eigenvalue weighted by Crippen LogP contribution is -2.28. The Kier molecular flexibility index (Phi) is 3.81. The molecule has 0 aromatic carbocycles. The van der Waals surface area contributed by atoms with E-state index >= 15 is 0 Å². The largest absolute Gasteiger partial charge is 0.350 e. The molecule has 0 radical (unpaired) electrons. The average Bonchev–Trinajstić information content (AvgIpc) is 2.47. The molecule has 2 nitrogen and oxygen atoms in total. The number of thiol groups is 1. The molecule has 0 saturated heterocycles. The number of amides is 1. The summed E-state index contributed by atoms with van der Waals surface area (Å²) in [5.74, 6) is -0.0175. The molecule has 0 spiro atoms. The Balaban J connectivity index is 2.44. The van der Waals surface area contributed by atoms with Crippen molar-refractivity contribution >= 4 is 29.9 Å². The van der Waals surface area contributed by atoms with Crippen LogP contribution in [0.15, 0.2) is 11.4 Å². The molecule has 0 bridgehead atoms. The van der Waals surface area contributed by atoms with Gasteiger partial charge in [0.1, 0.15) is 0 Å². The van der Waals surface area contributed by atoms with Gasteiger partial charge in [0.15, 0.2) is 0 Å². The third kappa shape index (κ3) is 3.04. The van der Waals surface area contributed by atoms with Crippen LogP contribution in [0.3, 0.4) is 0 Å². The fourth-order valence-electron chi connectivity index (χ4n) is 0.900. The van der Waals surface area contributed by atoms with Gasteiger partial charge in [-0.05, 0) is 30.9 Å². The van der Waals surface area contributed by atoms with E-state index in [1.807, 2.05) is 12.3 Å². The molecule has 1 atom stereocenters. The van der Waals surface area contributed by atoms with E-state index in [0.717, 1.165) is 0 Å². The van der Waals surface area contributed by atoms with Gasteiger partial charge in [0.05, 0.1) is 11.8 Å². The maximum Gasteiger partial charge on any atom is 0.232 e. The number of hydrogen-bond donors (Lipinski definition) is 2. The lowest BCUT2D eigenvalue weighted by Gasteiger charge is -2.05. The Bertz CT molecular complexity index is 294. The number of thiophene rings is 1. The molecule has 0 aliphatic carbocycles. The summed E-state index contributed by atoms with van der Waals surface area (Å²) in [7, 11) is 0. The normalized spacial score (nSPS) is 12.5. The van der Waals surface area contributed by atoms with Gasteiger partial charge in [0, 0.05) is 4.88 Å². The molecule has 72 valence electrons. The van der Waals surface area contributed by atoms with E-state index in [1.54, 1.807) is 18.3 Å². The summed E-state index contributed by atoms with van der Waals surface area (Å²) in [4.78, 5) is 12.4. The Morgan fingerprint density at radius 2 is 2.46 bits per heavy atom. The minimum Gasteiger partial charge on any atom is -0.350 e. The molecule has 1 rings (SSSR count). The Morgan fingerprint density at radius 3 is 2.92 bits per heavy atom. The van der Waals surface area contributed by atoms with Crippen LogP contribution in [-0.2, 0) is 11.3 Å². The molecule has 13 heavy (non-hydrogen) atoms. The molecule has 1 N–H and O–H groups in total. The molecule has 1 amide bonds. The van der Waals surface area contributed by atoms with E-state index in [-0.39, 0.29) is 11.2 Å². The molecular formula is C9H13NOS2. The number of nitrogens with one attached hydrogen (secondary N) is 1. The summed E-state index contributed by atoms with van der Waals surface area (Å²) in [5.41, 5.74) is 1.23. The molecule has 0 aliphatic rings. The number of aryl methyl sites for hydroxylation is 1. The summed E-state index contributed by atoms with van der Waals surface area (Å²) in [6.45, 7) is 4.43. The van der Waals surface area contributed by atoms with Crippen LogP contribution in [0.1, 0.15) is 17.4 Å². The summed E-state index contributed by atoms with van der Waals surface area (Å²) in [6, 6.07) is 2.05. The van der Waals surface area contributed by atoms with Gasteiger partial charge in [0.25, 0.3) is 0 Å². The van der Waals surface area contributed by atoms with Crippen molar-refractivity contribution < 1.29 is 4.79 Å². The van der Waals surface area contributed by atoms with E-state index in [2.05, 4.69) is 24.0 Å². The minimum absolute atomic E-state index is 0.0175. The van der Waals surface area contributed by atoms with Crippen molar-refractivity contribution in [3.05, 3.63) is 21.9 Å². The average molecular weight is 215 g/mol. The highest BCUT2D eigenvalue weighted by molar-refractivity contribution is 7.81. The van der Waals surface area contributed by atoms with Crippen LogP contribution in [0.4, 0.5) is 0 Å². The van der Waals surface area contributed by atoms with Crippen LogP contribution < -0.4 is 5.32 Å². The van der Waals surface area contributed by atoms with Gasteiger partial charge in [0.2, 0.25) is 5.91 Å². The van der Waals surface area contributed by atoms with Crippen molar-refractivity contribution in [2.45, 2.75) is 25.6 Å². The van der Waals surface area contributed by atoms with Crippen LogP contribution in [0.5, 0.6) is 0 Å². The summed E-state index contributed by atoms with van der Waals surface area (Å²) >= 11 is 5.71. The number of carbonyl (C=O) groups is 1. The molecule has 1 aromatic rings. The molecule has 4 heteroatoms. The highest BCUT2D eigenvalue weighted by atomic mass is 32.1. The van der Waals surface area contributed by atoms with Crippen LogP contribution in [0.2, 0.25) is 0 Å². The van der Waals surface area contributed by atoms with E-state index in [9.17, 15) is 4.79 Å². The van der Waals surface area contributed by atoms with Gasteiger partial charge in [-0.25, -0.2) is 0 Å². The highest BCUT2D eigenvalue weighted by Gasteiger charge is 2.07. The van der Waals surface area contributed by atoms with E-state index < -0.39 is 0 Å². The minimum atomic E-state index is -0.236. The van der Waals surface area contributed by atoms with Crippen molar-refractivity contribution in [3.8, 4) is 0 Å². The van der Waals surface area contributed by atoms with Gasteiger partial charge >= 0.3 is 0 Å². The first-order chi connectivity index (χ1) is 6.11. The number of carbonyl (C=O) groups excluding carboxylic acids is 1. The third-order valence-electron chi connectivity index (χ3n) is 1.77. The van der Waals surface area contributed by atoms with Crippen LogP contribution in [0.25, 0.3) is 0 Å². The zero-order chi connectivity index (χ0) is 9.84. The summed E-state index contributed by atoms with van der Waals surface area (Å²) < 4.78 is 0. The first kappa shape index (κ1) is 10.6. The number of hydrogen-bond acceptors (Lipinski definition) is 3. The lowest BCUT2D eigenvalue weighted by atomic mass is 10.3. The predicted molar refractivity (Wildman–Crippen MR) is 59.4 cm³/mol. The molecule has 1 aromatic heterocycles. The standard InChI is InChI=1S/C9H13NOS2/c1-6-3-4-13-8(6)5-10-9(11)7(2)12/h3-4,7,12H,5H2,1-2H3,(H,10,11). The second-order valence-electron chi connectivity index (χ2n) is 2.92. The van der Waals surface area contributed by atoms with Gasteiger partial charge < -0.3 is 5.32 Å². The topological polar surface area (TPSA) is 29.1 Å². The van der Waals surface area contributed by atoms with E-state index in [4.69, 9.17) is 0 Å². The fourth-order valence-corrected chi connectivity index (χ4v) is 1.84. The quantitative estimate of drug-likeness (QED) is 0.742. The zero-order valence-corrected chi connectivity index (χ0v) is 9.41. The smallest absolute Gasteiger partial charge is 0.232 e. The van der Waals surface area contributed by atoms with Crippen molar-refractivity contribution in [3.63, 3.8) is 0 Å². The molecule has 1 heterocycles. The molecule has 0 aliphatic heterocycles. The zero-order valence-electron chi connectivity index (χ0n) is 7.70. The first-order valence-corrected chi connectivity index (χ1v) is 5.49. The lowest BCUT2D eigenvalue weighted by molar-refractivity contribution is -0.120. The van der Waals surface area contributed by atoms with Crippen molar-refractivity contribution in [1.29, 1.82) is 0 Å². The van der Waals surface area contributed by atoms with Crippen molar-refractivity contribution in [2.75, 3.05) is 0 Å². The van der Waals surface area contributed by atoms with Gasteiger partial charge in [-0.1, -0.05) is 0 Å². The summed E-state index contributed by atoms with van der Waals surface area (Å²) in [6.07, 6.45) is 0. The Morgan fingerprint density at radius 1 is 1.77 bits per heavy atom. The predicted octanol–water partition coefficient (Wildman–Crippen LogP) is 1.99. The fraction of sp³-hybridized carbons (Fsp3) is 0.444. The highest BCUT2D eigenvalue weighted by Crippen LogP contribution is 2.14. The van der Waals surface area contributed by atoms with E-state index in [1.165, 1.54) is 10.4 Å². The van der Waals surface area contributed by atoms with Crippen LogP contribution in [-0.4, -0.2) is 11.2 Å². The van der Waals surface area contributed by atoms with Gasteiger partial charge in [-0.2, -0.15) is 12.6 Å². The second kappa shape index (κ2) is 4.67. The molecule has 0 saturated carbocycles. The third-order valence-corrected chi connectivity index (χ3v) is 3.03. The maximum atomic E-state index is 11.2. The number of rotatable bonds is 3. The first-order valence-electron chi connectivity index (χ1n) is 4.10. The van der Waals surface area contributed by atoms with Gasteiger partial charge in [-0.3, -0.25) is 4.79 Å². The van der Waals surface area contributed by atoms with Gasteiger partial charge in [-0.15, -0.1) is 11.3 Å².